The SMILES string of the molecule is N=C(Br)/C(F)=C\NC1=CNNC=C1. The lowest BCUT2D eigenvalue weighted by atomic mass is 10.4. The predicted octanol–water partition coefficient (Wildman–Crippen LogP) is 1.22. The fourth-order valence-electron chi connectivity index (χ4n) is 0.647. The number of halogens is 2. The molecule has 0 fully saturated rings. The Morgan fingerprint density at radius 2 is 2.38 bits per heavy atom. The zero-order chi connectivity index (χ0) is 9.68. The van der Waals surface area contributed by atoms with Gasteiger partial charge in [0, 0.05) is 18.6 Å². The Labute approximate surface area is 83.2 Å². The first kappa shape index (κ1) is 9.79. The van der Waals surface area contributed by atoms with Gasteiger partial charge in [-0.2, -0.15) is 0 Å². The Hall–Kier alpha value is -1.30. The lowest BCUT2D eigenvalue weighted by Gasteiger charge is -2.09. The highest BCUT2D eigenvalue weighted by molar-refractivity contribution is 9.18. The maximum absolute atomic E-state index is 12.7. The van der Waals surface area contributed by atoms with Crippen molar-refractivity contribution in [1.29, 1.82) is 5.41 Å². The second-order valence-corrected chi connectivity index (χ2v) is 2.97. The van der Waals surface area contributed by atoms with Gasteiger partial charge in [-0.15, -0.1) is 0 Å². The molecule has 0 aliphatic carbocycles. The molecule has 0 unspecified atom stereocenters. The second kappa shape index (κ2) is 4.66. The lowest BCUT2D eigenvalue weighted by Crippen LogP contribution is -2.26. The highest BCUT2D eigenvalue weighted by atomic mass is 79.9. The topological polar surface area (TPSA) is 59.9 Å². The van der Waals surface area contributed by atoms with Crippen molar-refractivity contribution in [2.24, 2.45) is 0 Å². The predicted molar refractivity (Wildman–Crippen MR) is 52.5 cm³/mol. The van der Waals surface area contributed by atoms with Gasteiger partial charge in [0.2, 0.25) is 0 Å². The van der Waals surface area contributed by atoms with Crippen LogP contribution in [-0.4, -0.2) is 4.62 Å². The fraction of sp³-hybridized carbons (Fsp3) is 0. The van der Waals surface area contributed by atoms with Crippen molar-refractivity contribution >= 4 is 20.6 Å². The summed E-state index contributed by atoms with van der Waals surface area (Å²) in [5.74, 6) is -0.659. The van der Waals surface area contributed by atoms with Crippen LogP contribution in [0.5, 0.6) is 0 Å². The van der Waals surface area contributed by atoms with E-state index in [0.717, 1.165) is 6.20 Å². The van der Waals surface area contributed by atoms with Crippen molar-refractivity contribution in [1.82, 2.24) is 16.2 Å². The van der Waals surface area contributed by atoms with Crippen LogP contribution in [0, 0.1) is 5.41 Å². The molecule has 4 N–H and O–H groups in total. The molecular weight excluding hydrogens is 239 g/mol. The first-order valence-corrected chi connectivity index (χ1v) is 4.24. The van der Waals surface area contributed by atoms with Crippen LogP contribution in [0.2, 0.25) is 0 Å². The number of allylic oxidation sites excluding steroid dienone is 2. The summed E-state index contributed by atoms with van der Waals surface area (Å²) in [6.07, 6.45) is 6.10. The van der Waals surface area contributed by atoms with E-state index in [1.807, 2.05) is 0 Å². The zero-order valence-electron chi connectivity index (χ0n) is 6.57. The van der Waals surface area contributed by atoms with Crippen LogP contribution < -0.4 is 16.2 Å². The molecule has 0 aromatic carbocycles. The number of nitrogens with one attached hydrogen (secondary N) is 4. The van der Waals surface area contributed by atoms with Gasteiger partial charge in [0.15, 0.2) is 5.83 Å². The van der Waals surface area contributed by atoms with Gasteiger partial charge < -0.3 is 16.2 Å². The Morgan fingerprint density at radius 3 is 2.92 bits per heavy atom. The number of hydrazine groups is 1. The van der Waals surface area contributed by atoms with E-state index in [0.29, 0.717) is 5.70 Å². The van der Waals surface area contributed by atoms with E-state index in [1.165, 1.54) is 0 Å². The molecule has 0 saturated carbocycles. The summed E-state index contributed by atoms with van der Waals surface area (Å²) in [6, 6.07) is 0. The summed E-state index contributed by atoms with van der Waals surface area (Å²) in [6.45, 7) is 0. The van der Waals surface area contributed by atoms with Crippen LogP contribution in [0.15, 0.2) is 36.2 Å². The minimum absolute atomic E-state index is 0.286. The standard InChI is InChI=1S/C7H8BrFN4/c8-7(10)6(9)4-11-5-1-2-12-13-3-5/h1-4,10-13H/b6-4+,10-7?. The molecule has 1 aliphatic heterocycles. The molecule has 0 spiro atoms. The zero-order valence-corrected chi connectivity index (χ0v) is 8.15. The van der Waals surface area contributed by atoms with Crippen molar-refractivity contribution in [2.75, 3.05) is 0 Å². The van der Waals surface area contributed by atoms with Crippen molar-refractivity contribution < 1.29 is 4.39 Å². The summed E-state index contributed by atoms with van der Waals surface area (Å²) >= 11 is 2.70. The van der Waals surface area contributed by atoms with E-state index >= 15 is 0 Å². The average Bonchev–Trinajstić information content (AvgIpc) is 2.15. The van der Waals surface area contributed by atoms with Gasteiger partial charge >= 0.3 is 0 Å². The molecule has 0 aromatic rings. The van der Waals surface area contributed by atoms with E-state index in [4.69, 9.17) is 5.41 Å². The quantitative estimate of drug-likeness (QED) is 0.567. The Balaban J connectivity index is 2.50. The average molecular weight is 247 g/mol. The number of hydrogen-bond acceptors (Lipinski definition) is 4. The molecule has 0 atom stereocenters. The minimum atomic E-state index is -0.659. The van der Waals surface area contributed by atoms with Gasteiger partial charge in [-0.3, -0.25) is 5.41 Å². The molecule has 1 heterocycles. The maximum Gasteiger partial charge on any atom is 0.171 e. The van der Waals surface area contributed by atoms with E-state index in [-0.39, 0.29) is 4.62 Å². The molecule has 1 rings (SSSR count). The molecule has 0 radical (unpaired) electrons. The highest BCUT2D eigenvalue weighted by Gasteiger charge is 1.99. The summed E-state index contributed by atoms with van der Waals surface area (Å²) in [7, 11) is 0. The van der Waals surface area contributed by atoms with Crippen LogP contribution in [0.1, 0.15) is 0 Å². The third-order valence-electron chi connectivity index (χ3n) is 1.23. The van der Waals surface area contributed by atoms with Crippen LogP contribution in [0.3, 0.4) is 0 Å². The molecule has 0 aromatic heterocycles. The second-order valence-electron chi connectivity index (χ2n) is 2.17. The molecule has 0 amide bonds. The van der Waals surface area contributed by atoms with E-state index < -0.39 is 5.83 Å². The van der Waals surface area contributed by atoms with Crippen molar-refractivity contribution in [3.63, 3.8) is 0 Å². The lowest BCUT2D eigenvalue weighted by molar-refractivity contribution is 0.673. The van der Waals surface area contributed by atoms with Crippen LogP contribution in [0.25, 0.3) is 0 Å². The normalized spacial score (nSPS) is 15.5. The molecule has 0 bridgehead atoms. The van der Waals surface area contributed by atoms with E-state index in [9.17, 15) is 4.39 Å². The molecular formula is C7H8BrFN4. The van der Waals surface area contributed by atoms with Gasteiger partial charge in [-0.05, 0) is 22.0 Å². The maximum atomic E-state index is 12.7. The van der Waals surface area contributed by atoms with Gasteiger partial charge in [0.1, 0.15) is 4.62 Å². The Kier molecular flexibility index (Phi) is 3.51. The summed E-state index contributed by atoms with van der Waals surface area (Å²) < 4.78 is 12.4. The Morgan fingerprint density at radius 1 is 1.62 bits per heavy atom. The molecule has 6 heteroatoms. The first-order valence-electron chi connectivity index (χ1n) is 3.44. The molecule has 13 heavy (non-hydrogen) atoms. The molecule has 70 valence electrons. The van der Waals surface area contributed by atoms with Gasteiger partial charge in [0.05, 0.1) is 5.70 Å². The molecule has 4 nitrogen and oxygen atoms in total. The van der Waals surface area contributed by atoms with Crippen LogP contribution >= 0.6 is 15.9 Å². The van der Waals surface area contributed by atoms with Crippen LogP contribution in [0.4, 0.5) is 4.39 Å². The molecule has 0 saturated heterocycles. The minimum Gasteiger partial charge on any atom is -0.358 e. The monoisotopic (exact) mass is 246 g/mol. The first-order chi connectivity index (χ1) is 6.20. The highest BCUT2D eigenvalue weighted by Crippen LogP contribution is 2.03. The largest absolute Gasteiger partial charge is 0.358 e. The smallest absolute Gasteiger partial charge is 0.171 e. The van der Waals surface area contributed by atoms with Gasteiger partial charge in [-0.1, -0.05) is 0 Å². The fourth-order valence-corrected chi connectivity index (χ4v) is 0.761. The van der Waals surface area contributed by atoms with Crippen molar-refractivity contribution in [3.05, 3.63) is 36.2 Å². The number of rotatable bonds is 3. The van der Waals surface area contributed by atoms with Gasteiger partial charge in [0.25, 0.3) is 0 Å². The van der Waals surface area contributed by atoms with Gasteiger partial charge in [-0.25, -0.2) is 4.39 Å². The van der Waals surface area contributed by atoms with E-state index in [2.05, 4.69) is 32.1 Å². The Bertz CT molecular complexity index is 295. The van der Waals surface area contributed by atoms with E-state index in [1.54, 1.807) is 18.5 Å². The summed E-state index contributed by atoms with van der Waals surface area (Å²) in [5.41, 5.74) is 6.12. The third-order valence-corrected chi connectivity index (χ3v) is 1.61. The number of hydrogen-bond donors (Lipinski definition) is 4. The van der Waals surface area contributed by atoms with Crippen molar-refractivity contribution in [2.45, 2.75) is 0 Å². The molecule has 1 aliphatic rings. The summed E-state index contributed by atoms with van der Waals surface area (Å²) in [5, 5.41) is 9.55. The van der Waals surface area contributed by atoms with Crippen LogP contribution in [-0.2, 0) is 0 Å². The third kappa shape index (κ3) is 3.29. The summed E-state index contributed by atoms with van der Waals surface area (Å²) in [4.78, 5) is 0. The van der Waals surface area contributed by atoms with Crippen molar-refractivity contribution in [3.8, 4) is 0 Å².